The fourth-order valence-corrected chi connectivity index (χ4v) is 2.81. The third-order valence-corrected chi connectivity index (χ3v) is 4.10. The predicted molar refractivity (Wildman–Crippen MR) is 78.3 cm³/mol. The summed E-state index contributed by atoms with van der Waals surface area (Å²) < 4.78 is 1.73. The zero-order valence-electron chi connectivity index (χ0n) is 12.8. The van der Waals surface area contributed by atoms with Gasteiger partial charge in [-0.2, -0.15) is 5.10 Å². The topological polar surface area (TPSA) is 53.4 Å². The molecule has 1 N–H and O–H groups in total. The Morgan fingerprint density at radius 2 is 2.10 bits per heavy atom. The number of hydrogen-bond acceptors (Lipinski definition) is 4. The molecule has 1 unspecified atom stereocenters. The van der Waals surface area contributed by atoms with E-state index in [1.54, 1.807) is 10.9 Å². The van der Waals surface area contributed by atoms with Gasteiger partial charge in [0, 0.05) is 37.9 Å². The summed E-state index contributed by atoms with van der Waals surface area (Å²) in [7, 11) is 7.90. The standard InChI is InChI=1S/C14H25N5O/c1-15-13(11-9-16-18(4)10-11)14(20)19-7-5-12(6-8-19)17(2)3/h9-10,12-13,15H,5-8H2,1-4H3. The van der Waals surface area contributed by atoms with E-state index in [1.807, 2.05) is 25.2 Å². The first-order chi connectivity index (χ1) is 9.52. The van der Waals surface area contributed by atoms with E-state index < -0.39 is 0 Å². The number of carbonyl (C=O) groups excluding carboxylic acids is 1. The Morgan fingerprint density at radius 1 is 1.45 bits per heavy atom. The SMILES string of the molecule is CNC(C(=O)N1CCC(N(C)C)CC1)c1cnn(C)c1. The largest absolute Gasteiger partial charge is 0.341 e. The Kier molecular flexibility index (Phi) is 4.77. The number of likely N-dealkylation sites (tertiary alicyclic amines) is 1. The first-order valence-corrected chi connectivity index (χ1v) is 7.14. The van der Waals surface area contributed by atoms with E-state index in [-0.39, 0.29) is 11.9 Å². The van der Waals surface area contributed by atoms with Crippen LogP contribution in [0.2, 0.25) is 0 Å². The van der Waals surface area contributed by atoms with Crippen LogP contribution in [0.3, 0.4) is 0 Å². The second-order valence-corrected chi connectivity index (χ2v) is 5.69. The van der Waals surface area contributed by atoms with Crippen LogP contribution in [0, 0.1) is 0 Å². The molecule has 1 fully saturated rings. The molecule has 1 amide bonds. The number of likely N-dealkylation sites (N-methyl/N-ethyl adjacent to an activating group) is 1. The van der Waals surface area contributed by atoms with Crippen molar-refractivity contribution in [2.24, 2.45) is 7.05 Å². The molecule has 1 saturated heterocycles. The molecule has 0 aromatic carbocycles. The van der Waals surface area contributed by atoms with Crippen molar-refractivity contribution in [2.45, 2.75) is 24.9 Å². The maximum absolute atomic E-state index is 12.6. The fraction of sp³-hybridized carbons (Fsp3) is 0.714. The van der Waals surface area contributed by atoms with Gasteiger partial charge >= 0.3 is 0 Å². The van der Waals surface area contributed by atoms with Gasteiger partial charge < -0.3 is 15.1 Å². The van der Waals surface area contributed by atoms with Gasteiger partial charge in [-0.25, -0.2) is 0 Å². The summed E-state index contributed by atoms with van der Waals surface area (Å²) in [6.45, 7) is 1.67. The van der Waals surface area contributed by atoms with Crippen molar-refractivity contribution < 1.29 is 4.79 Å². The highest BCUT2D eigenvalue weighted by atomic mass is 16.2. The first kappa shape index (κ1) is 15.0. The smallest absolute Gasteiger partial charge is 0.244 e. The third-order valence-electron chi connectivity index (χ3n) is 4.10. The average Bonchev–Trinajstić information content (AvgIpc) is 2.86. The van der Waals surface area contributed by atoms with E-state index in [9.17, 15) is 4.79 Å². The number of hydrogen-bond donors (Lipinski definition) is 1. The monoisotopic (exact) mass is 279 g/mol. The predicted octanol–water partition coefficient (Wildman–Crippen LogP) is 0.233. The van der Waals surface area contributed by atoms with Crippen LogP contribution >= 0.6 is 0 Å². The summed E-state index contributed by atoms with van der Waals surface area (Å²) in [5, 5.41) is 7.26. The summed E-state index contributed by atoms with van der Waals surface area (Å²) >= 11 is 0. The van der Waals surface area contributed by atoms with Gasteiger partial charge in [0.15, 0.2) is 0 Å². The van der Waals surface area contributed by atoms with Gasteiger partial charge in [-0.15, -0.1) is 0 Å². The van der Waals surface area contributed by atoms with Gasteiger partial charge in [-0.1, -0.05) is 0 Å². The maximum Gasteiger partial charge on any atom is 0.244 e. The number of aromatic nitrogens is 2. The van der Waals surface area contributed by atoms with Crippen LogP contribution in [0.4, 0.5) is 0 Å². The Balaban J connectivity index is 2.00. The van der Waals surface area contributed by atoms with Gasteiger partial charge in [-0.3, -0.25) is 9.48 Å². The van der Waals surface area contributed by atoms with E-state index in [4.69, 9.17) is 0 Å². The lowest BCUT2D eigenvalue weighted by atomic mass is 10.0. The highest BCUT2D eigenvalue weighted by Crippen LogP contribution is 2.20. The van der Waals surface area contributed by atoms with Gasteiger partial charge in [-0.05, 0) is 34.0 Å². The van der Waals surface area contributed by atoms with Crippen molar-refractivity contribution in [2.75, 3.05) is 34.2 Å². The Labute approximate surface area is 120 Å². The van der Waals surface area contributed by atoms with Gasteiger partial charge in [0.1, 0.15) is 6.04 Å². The lowest BCUT2D eigenvalue weighted by Gasteiger charge is -2.36. The van der Waals surface area contributed by atoms with Crippen LogP contribution in [0.5, 0.6) is 0 Å². The van der Waals surface area contributed by atoms with E-state index >= 15 is 0 Å². The van der Waals surface area contributed by atoms with Crippen molar-refractivity contribution >= 4 is 5.91 Å². The van der Waals surface area contributed by atoms with Crippen molar-refractivity contribution in [3.8, 4) is 0 Å². The molecule has 112 valence electrons. The molecule has 0 aliphatic carbocycles. The van der Waals surface area contributed by atoms with E-state index in [0.717, 1.165) is 31.5 Å². The zero-order valence-corrected chi connectivity index (χ0v) is 12.8. The quantitative estimate of drug-likeness (QED) is 0.857. The molecule has 0 radical (unpaired) electrons. The summed E-state index contributed by atoms with van der Waals surface area (Å²) in [4.78, 5) is 16.8. The number of nitrogens with one attached hydrogen (secondary N) is 1. The number of aryl methyl sites for hydroxylation is 1. The third kappa shape index (κ3) is 3.19. The van der Waals surface area contributed by atoms with Gasteiger partial charge in [0.25, 0.3) is 0 Å². The van der Waals surface area contributed by atoms with Crippen LogP contribution in [-0.4, -0.2) is 65.8 Å². The van der Waals surface area contributed by atoms with E-state index in [1.165, 1.54) is 0 Å². The molecule has 6 heteroatoms. The normalized spacial score (nSPS) is 18.6. The van der Waals surface area contributed by atoms with Crippen molar-refractivity contribution in [1.29, 1.82) is 0 Å². The zero-order chi connectivity index (χ0) is 14.7. The molecule has 6 nitrogen and oxygen atoms in total. The van der Waals surface area contributed by atoms with Gasteiger partial charge in [0.2, 0.25) is 5.91 Å². The van der Waals surface area contributed by atoms with Crippen LogP contribution in [-0.2, 0) is 11.8 Å². The molecule has 1 aromatic rings. The highest BCUT2D eigenvalue weighted by molar-refractivity contribution is 5.83. The summed E-state index contributed by atoms with van der Waals surface area (Å²) in [5.41, 5.74) is 0.926. The second-order valence-electron chi connectivity index (χ2n) is 5.69. The number of piperidine rings is 1. The van der Waals surface area contributed by atoms with Crippen LogP contribution in [0.25, 0.3) is 0 Å². The minimum Gasteiger partial charge on any atom is -0.341 e. The maximum atomic E-state index is 12.6. The fourth-order valence-electron chi connectivity index (χ4n) is 2.81. The molecule has 20 heavy (non-hydrogen) atoms. The first-order valence-electron chi connectivity index (χ1n) is 7.14. The number of amides is 1. The lowest BCUT2D eigenvalue weighted by Crippen LogP contribution is -2.47. The number of rotatable bonds is 4. The summed E-state index contributed by atoms with van der Waals surface area (Å²) in [6.07, 6.45) is 5.74. The molecule has 1 aliphatic heterocycles. The van der Waals surface area contributed by atoms with Crippen molar-refractivity contribution in [3.05, 3.63) is 18.0 Å². The van der Waals surface area contributed by atoms with Crippen molar-refractivity contribution in [1.82, 2.24) is 24.9 Å². The molecule has 0 spiro atoms. The van der Waals surface area contributed by atoms with Crippen LogP contribution < -0.4 is 5.32 Å². The average molecular weight is 279 g/mol. The molecule has 1 atom stereocenters. The highest BCUT2D eigenvalue weighted by Gasteiger charge is 2.29. The van der Waals surface area contributed by atoms with Gasteiger partial charge in [0.05, 0.1) is 6.20 Å². The van der Waals surface area contributed by atoms with E-state index in [2.05, 4.69) is 29.4 Å². The lowest BCUT2D eigenvalue weighted by molar-refractivity contribution is -0.135. The van der Waals surface area contributed by atoms with Crippen LogP contribution in [0.15, 0.2) is 12.4 Å². The number of carbonyl (C=O) groups is 1. The minimum atomic E-state index is -0.292. The Bertz CT molecular complexity index is 448. The number of nitrogens with zero attached hydrogens (tertiary/aromatic N) is 4. The molecule has 1 aromatic heterocycles. The van der Waals surface area contributed by atoms with Crippen molar-refractivity contribution in [3.63, 3.8) is 0 Å². The molecular formula is C14H25N5O. The van der Waals surface area contributed by atoms with Crippen LogP contribution in [0.1, 0.15) is 24.4 Å². The Morgan fingerprint density at radius 3 is 2.55 bits per heavy atom. The molecule has 2 rings (SSSR count). The Hall–Kier alpha value is -1.40. The second kappa shape index (κ2) is 6.37. The molecule has 1 aliphatic rings. The minimum absolute atomic E-state index is 0.151. The molecular weight excluding hydrogens is 254 g/mol. The molecule has 0 bridgehead atoms. The van der Waals surface area contributed by atoms with E-state index in [0.29, 0.717) is 6.04 Å². The summed E-state index contributed by atoms with van der Waals surface area (Å²) in [5.74, 6) is 0.151. The molecule has 0 saturated carbocycles. The molecule has 2 heterocycles. The summed E-state index contributed by atoms with van der Waals surface area (Å²) in [6, 6.07) is 0.296.